The van der Waals surface area contributed by atoms with Crippen molar-refractivity contribution in [2.24, 2.45) is 5.92 Å². The number of aromatic nitrogens is 3. The van der Waals surface area contributed by atoms with E-state index in [9.17, 15) is 21.6 Å². The van der Waals surface area contributed by atoms with Crippen molar-refractivity contribution in [3.05, 3.63) is 65.6 Å². The van der Waals surface area contributed by atoms with Crippen molar-refractivity contribution in [3.8, 4) is 0 Å². The lowest BCUT2D eigenvalue weighted by Crippen LogP contribution is -2.19. The van der Waals surface area contributed by atoms with E-state index in [0.717, 1.165) is 16.1 Å². The Hall–Kier alpha value is -2.92. The van der Waals surface area contributed by atoms with Gasteiger partial charge in [0.1, 0.15) is 0 Å². The molecule has 3 aromatic rings. The van der Waals surface area contributed by atoms with E-state index in [2.05, 4.69) is 33.8 Å². The first kappa shape index (κ1) is 22.8. The van der Waals surface area contributed by atoms with Crippen molar-refractivity contribution >= 4 is 22.2 Å². The molecule has 31 heavy (non-hydrogen) atoms. The summed E-state index contributed by atoms with van der Waals surface area (Å²) in [6.07, 6.45) is 0.556. The highest BCUT2D eigenvalue weighted by molar-refractivity contribution is 7.90. The Labute approximate surface area is 177 Å². The Balaban J connectivity index is 1.70. The average molecular weight is 454 g/mol. The zero-order chi connectivity index (χ0) is 22.6. The monoisotopic (exact) mass is 454 g/mol. The second-order valence-corrected chi connectivity index (χ2v) is 9.08. The quantitative estimate of drug-likeness (QED) is 0.553. The molecule has 0 fully saturated rings. The van der Waals surface area contributed by atoms with Crippen molar-refractivity contribution in [2.75, 3.05) is 6.54 Å². The Morgan fingerprint density at radius 3 is 2.48 bits per heavy atom. The largest absolute Gasteiger partial charge is 0.471 e. The summed E-state index contributed by atoms with van der Waals surface area (Å²) in [5.74, 6) is -1.21. The van der Waals surface area contributed by atoms with Crippen LogP contribution in [0, 0.1) is 5.92 Å². The zero-order valence-electron chi connectivity index (χ0n) is 16.8. The Morgan fingerprint density at radius 2 is 1.87 bits per heavy atom. The van der Waals surface area contributed by atoms with Gasteiger partial charge in [-0.15, -0.1) is 0 Å². The number of halogens is 3. The van der Waals surface area contributed by atoms with E-state index in [4.69, 9.17) is 0 Å². The van der Waals surface area contributed by atoms with Crippen LogP contribution < -0.4 is 5.32 Å². The predicted molar refractivity (Wildman–Crippen MR) is 108 cm³/mol. The van der Waals surface area contributed by atoms with Crippen LogP contribution in [0.2, 0.25) is 0 Å². The summed E-state index contributed by atoms with van der Waals surface area (Å²) in [4.78, 5) is 3.34. The summed E-state index contributed by atoms with van der Waals surface area (Å²) >= 11 is 0. The SMILES string of the molecule is CC(C)CNCc1ccc(S(=O)(=O)n2ccc(/C=C/c3noc(C(F)(F)F)n3)c2)cc1. The molecule has 0 aliphatic carbocycles. The molecule has 1 N–H and O–H groups in total. The predicted octanol–water partition coefficient (Wildman–Crippen LogP) is 4.04. The van der Waals surface area contributed by atoms with E-state index in [1.165, 1.54) is 42.7 Å². The van der Waals surface area contributed by atoms with Gasteiger partial charge >= 0.3 is 12.1 Å². The van der Waals surface area contributed by atoms with E-state index in [0.29, 0.717) is 18.0 Å². The number of nitrogens with one attached hydrogen (secondary N) is 1. The highest BCUT2D eigenvalue weighted by atomic mass is 32.2. The number of nitrogens with zero attached hydrogens (tertiary/aromatic N) is 3. The van der Waals surface area contributed by atoms with E-state index in [1.807, 2.05) is 0 Å². The molecule has 166 valence electrons. The van der Waals surface area contributed by atoms with Gasteiger partial charge in [-0.05, 0) is 53.9 Å². The Bertz CT molecular complexity index is 1150. The molecule has 0 saturated heterocycles. The fraction of sp³-hybridized carbons (Fsp3) is 0.300. The molecule has 0 aliphatic heterocycles. The van der Waals surface area contributed by atoms with Gasteiger partial charge in [-0.3, -0.25) is 0 Å². The van der Waals surface area contributed by atoms with Crippen LogP contribution in [0.25, 0.3) is 12.2 Å². The summed E-state index contributed by atoms with van der Waals surface area (Å²) in [7, 11) is -3.80. The van der Waals surface area contributed by atoms with Gasteiger partial charge in [-0.25, -0.2) is 12.4 Å². The number of rotatable bonds is 8. The van der Waals surface area contributed by atoms with Crippen LogP contribution >= 0.6 is 0 Å². The first-order chi connectivity index (χ1) is 14.6. The van der Waals surface area contributed by atoms with Gasteiger partial charge < -0.3 is 9.84 Å². The molecule has 0 atom stereocenters. The molecule has 0 aliphatic rings. The molecule has 0 amide bonds. The molecule has 3 rings (SSSR count). The van der Waals surface area contributed by atoms with Crippen LogP contribution in [0.1, 0.15) is 36.7 Å². The maximum atomic E-state index is 12.8. The molecule has 2 heterocycles. The molecular formula is C20H21F3N4O3S. The van der Waals surface area contributed by atoms with Crippen molar-refractivity contribution in [1.82, 2.24) is 19.4 Å². The third-order valence-electron chi connectivity index (χ3n) is 4.18. The molecule has 7 nitrogen and oxygen atoms in total. The topological polar surface area (TPSA) is 90.0 Å². The van der Waals surface area contributed by atoms with Gasteiger partial charge in [-0.2, -0.15) is 18.2 Å². The summed E-state index contributed by atoms with van der Waals surface area (Å²) < 4.78 is 68.2. The van der Waals surface area contributed by atoms with Crippen LogP contribution in [0.4, 0.5) is 13.2 Å². The number of benzene rings is 1. The third kappa shape index (κ3) is 5.82. The highest BCUT2D eigenvalue weighted by Crippen LogP contribution is 2.27. The minimum atomic E-state index is -4.73. The molecule has 0 bridgehead atoms. The summed E-state index contributed by atoms with van der Waals surface area (Å²) in [5, 5.41) is 6.51. The van der Waals surface area contributed by atoms with Crippen molar-refractivity contribution < 1.29 is 26.1 Å². The molecule has 1 aromatic carbocycles. The van der Waals surface area contributed by atoms with Crippen molar-refractivity contribution in [2.45, 2.75) is 31.5 Å². The Morgan fingerprint density at radius 1 is 1.16 bits per heavy atom. The molecule has 0 unspecified atom stereocenters. The molecular weight excluding hydrogens is 433 g/mol. The standard InChI is InChI=1S/C20H21F3N4O3S/c1-14(2)11-24-12-15-3-6-17(7-4-15)31(28,29)27-10-9-16(13-27)5-8-18-25-19(30-26-18)20(21,22)23/h3-10,13-14,24H,11-12H2,1-2H3/b8-5+. The lowest BCUT2D eigenvalue weighted by molar-refractivity contribution is -0.159. The number of hydrogen-bond donors (Lipinski definition) is 1. The number of alkyl halides is 3. The van der Waals surface area contributed by atoms with Gasteiger partial charge in [0.25, 0.3) is 10.0 Å². The smallest absolute Gasteiger partial charge is 0.329 e. The van der Waals surface area contributed by atoms with Crippen LogP contribution in [0.15, 0.2) is 52.1 Å². The zero-order valence-corrected chi connectivity index (χ0v) is 17.6. The van der Waals surface area contributed by atoms with Gasteiger partial charge in [-0.1, -0.05) is 31.1 Å². The summed E-state index contributed by atoms with van der Waals surface area (Å²) in [6, 6.07) is 8.07. The minimum Gasteiger partial charge on any atom is -0.329 e. The molecule has 0 spiro atoms. The maximum Gasteiger partial charge on any atom is 0.471 e. The van der Waals surface area contributed by atoms with Gasteiger partial charge in [0.05, 0.1) is 4.90 Å². The Kier molecular flexibility index (Phi) is 6.65. The fourth-order valence-electron chi connectivity index (χ4n) is 2.64. The number of hydrogen-bond acceptors (Lipinski definition) is 6. The lowest BCUT2D eigenvalue weighted by atomic mass is 10.2. The minimum absolute atomic E-state index is 0.124. The maximum absolute atomic E-state index is 12.8. The summed E-state index contributed by atoms with van der Waals surface area (Å²) in [5.41, 5.74) is 1.41. The second kappa shape index (κ2) is 9.06. The van der Waals surface area contributed by atoms with E-state index >= 15 is 0 Å². The van der Waals surface area contributed by atoms with Crippen LogP contribution in [-0.4, -0.2) is 29.1 Å². The third-order valence-corrected chi connectivity index (χ3v) is 5.83. The fourth-order valence-corrected chi connectivity index (χ4v) is 3.84. The van der Waals surface area contributed by atoms with Crippen molar-refractivity contribution in [3.63, 3.8) is 0 Å². The molecule has 11 heteroatoms. The van der Waals surface area contributed by atoms with Gasteiger partial charge in [0.2, 0.25) is 0 Å². The lowest BCUT2D eigenvalue weighted by Gasteiger charge is -2.09. The van der Waals surface area contributed by atoms with E-state index < -0.39 is 22.1 Å². The molecule has 2 aromatic heterocycles. The van der Waals surface area contributed by atoms with Gasteiger partial charge in [0.15, 0.2) is 5.82 Å². The summed E-state index contributed by atoms with van der Waals surface area (Å²) in [6.45, 7) is 5.71. The first-order valence-electron chi connectivity index (χ1n) is 9.38. The van der Waals surface area contributed by atoms with Crippen molar-refractivity contribution in [1.29, 1.82) is 0 Å². The molecule has 0 saturated carbocycles. The molecule has 0 radical (unpaired) electrons. The average Bonchev–Trinajstić information content (AvgIpc) is 3.36. The van der Waals surface area contributed by atoms with Crippen LogP contribution in [-0.2, 0) is 22.7 Å². The normalized spacial score (nSPS) is 12.8. The van der Waals surface area contributed by atoms with Crippen LogP contribution in [0.5, 0.6) is 0 Å². The van der Waals surface area contributed by atoms with Gasteiger partial charge in [0, 0.05) is 18.9 Å². The highest BCUT2D eigenvalue weighted by Gasteiger charge is 2.38. The second-order valence-electron chi connectivity index (χ2n) is 7.24. The van der Waals surface area contributed by atoms with E-state index in [-0.39, 0.29) is 10.7 Å². The van der Waals surface area contributed by atoms with E-state index in [1.54, 1.807) is 12.1 Å². The van der Waals surface area contributed by atoms with Crippen LogP contribution in [0.3, 0.4) is 0 Å². The first-order valence-corrected chi connectivity index (χ1v) is 10.8.